The molecule has 0 spiro atoms. The van der Waals surface area contributed by atoms with E-state index in [0.717, 1.165) is 12.1 Å². The number of hydrogen-bond acceptors (Lipinski definition) is 4. The van der Waals surface area contributed by atoms with Crippen molar-refractivity contribution in [3.63, 3.8) is 0 Å². The minimum absolute atomic E-state index is 0.0589. The van der Waals surface area contributed by atoms with Gasteiger partial charge in [0, 0.05) is 6.54 Å². The summed E-state index contributed by atoms with van der Waals surface area (Å²) in [6.07, 6.45) is -4.45. The normalized spacial score (nSPS) is 13.2. The predicted molar refractivity (Wildman–Crippen MR) is 97.3 cm³/mol. The highest BCUT2D eigenvalue weighted by molar-refractivity contribution is 9.09. The number of hydrogen-bond donors (Lipinski definition) is 0. The number of ether oxygens (including phenoxy) is 2. The number of benzene rings is 1. The Balaban J connectivity index is 3.10. The molecule has 0 aliphatic rings. The molecule has 27 heavy (non-hydrogen) atoms. The Morgan fingerprint density at radius 2 is 1.70 bits per heavy atom. The first-order valence-electron chi connectivity index (χ1n) is 8.12. The first kappa shape index (κ1) is 23.4. The summed E-state index contributed by atoms with van der Waals surface area (Å²) in [6, 6.07) is 3.39. The molecule has 0 saturated heterocycles. The first-order valence-corrected chi connectivity index (χ1v) is 9.24. The van der Waals surface area contributed by atoms with Gasteiger partial charge in [0.1, 0.15) is 0 Å². The predicted octanol–water partition coefficient (Wildman–Crippen LogP) is 3.79. The van der Waals surface area contributed by atoms with E-state index in [1.165, 1.54) is 24.1 Å². The lowest BCUT2D eigenvalue weighted by Crippen LogP contribution is -2.49. The number of alkyl halides is 4. The number of methoxy groups -OCH3 is 1. The zero-order valence-corrected chi connectivity index (χ0v) is 17.2. The van der Waals surface area contributed by atoms with E-state index in [1.807, 2.05) is 0 Å². The maximum Gasteiger partial charge on any atom is 0.416 e. The Morgan fingerprint density at radius 1 is 1.15 bits per heavy atom. The largest absolute Gasteiger partial charge is 0.467 e. The molecule has 0 N–H and O–H groups in total. The van der Waals surface area contributed by atoms with Crippen LogP contribution in [-0.2, 0) is 31.8 Å². The standard InChI is InChI=1S/C18H23BrF3NO4/c1-17(2,3)27-11-14(16(25)26-4)23(15(24)9-19)10-12-5-7-13(8-6-12)18(20,21)22/h5-8,14H,9-11H2,1-4H3/t14-/m0/s1. The SMILES string of the molecule is COC(=O)[C@H](COC(C)(C)C)N(Cc1ccc(C(F)(F)F)cc1)C(=O)CBr. The maximum atomic E-state index is 12.7. The zero-order chi connectivity index (χ0) is 20.8. The molecule has 5 nitrogen and oxygen atoms in total. The van der Waals surface area contributed by atoms with E-state index in [9.17, 15) is 22.8 Å². The van der Waals surface area contributed by atoms with E-state index in [2.05, 4.69) is 15.9 Å². The average molecular weight is 454 g/mol. The van der Waals surface area contributed by atoms with Crippen molar-refractivity contribution in [1.82, 2.24) is 4.90 Å². The van der Waals surface area contributed by atoms with Crippen molar-refractivity contribution >= 4 is 27.8 Å². The smallest absolute Gasteiger partial charge is 0.416 e. The Bertz CT molecular complexity index is 641. The highest BCUT2D eigenvalue weighted by Crippen LogP contribution is 2.29. The molecule has 0 saturated carbocycles. The van der Waals surface area contributed by atoms with Crippen LogP contribution in [0, 0.1) is 0 Å². The lowest BCUT2D eigenvalue weighted by molar-refractivity contribution is -0.157. The average Bonchev–Trinajstić information content (AvgIpc) is 2.58. The summed E-state index contributed by atoms with van der Waals surface area (Å²) in [6.45, 7) is 5.24. The molecule has 0 aliphatic carbocycles. The summed E-state index contributed by atoms with van der Waals surface area (Å²) < 4.78 is 48.5. The number of rotatable bonds is 7. The Labute approximate surface area is 164 Å². The number of nitrogens with zero attached hydrogens (tertiary/aromatic N) is 1. The molecule has 0 fully saturated rings. The molecule has 152 valence electrons. The molecule has 0 aliphatic heterocycles. The van der Waals surface area contributed by atoms with Gasteiger partial charge in [0.25, 0.3) is 0 Å². The fourth-order valence-corrected chi connectivity index (χ4v) is 2.52. The fraction of sp³-hybridized carbons (Fsp3) is 0.556. The lowest BCUT2D eigenvalue weighted by Gasteiger charge is -2.32. The molecule has 1 rings (SSSR count). The van der Waals surface area contributed by atoms with Gasteiger partial charge in [0.15, 0.2) is 6.04 Å². The van der Waals surface area contributed by atoms with Crippen LogP contribution >= 0.6 is 15.9 Å². The van der Waals surface area contributed by atoms with E-state index in [4.69, 9.17) is 9.47 Å². The van der Waals surface area contributed by atoms with Crippen LogP contribution in [0.2, 0.25) is 0 Å². The molecule has 1 atom stereocenters. The summed E-state index contributed by atoms with van der Waals surface area (Å²) in [5.41, 5.74) is -0.892. The van der Waals surface area contributed by atoms with Crippen molar-refractivity contribution in [2.75, 3.05) is 19.0 Å². The van der Waals surface area contributed by atoms with Gasteiger partial charge in [-0.2, -0.15) is 13.2 Å². The first-order chi connectivity index (χ1) is 12.4. The summed E-state index contributed by atoms with van der Waals surface area (Å²) in [5, 5.41) is -0.0589. The van der Waals surface area contributed by atoms with Gasteiger partial charge in [-0.3, -0.25) is 4.79 Å². The van der Waals surface area contributed by atoms with Crippen molar-refractivity contribution < 1.29 is 32.2 Å². The quantitative estimate of drug-likeness (QED) is 0.465. The lowest BCUT2D eigenvalue weighted by atomic mass is 10.1. The molecule has 1 amide bonds. The molecule has 1 aromatic carbocycles. The van der Waals surface area contributed by atoms with E-state index < -0.39 is 35.3 Å². The van der Waals surface area contributed by atoms with Crippen LogP contribution in [0.3, 0.4) is 0 Å². The Hall–Kier alpha value is -1.61. The second kappa shape index (κ2) is 9.54. The Morgan fingerprint density at radius 3 is 2.11 bits per heavy atom. The molecular weight excluding hydrogens is 431 g/mol. The molecule has 0 unspecified atom stereocenters. The van der Waals surface area contributed by atoms with Gasteiger partial charge in [-0.1, -0.05) is 28.1 Å². The minimum Gasteiger partial charge on any atom is -0.467 e. The second-order valence-electron chi connectivity index (χ2n) is 6.81. The molecule has 0 aromatic heterocycles. The minimum atomic E-state index is -4.45. The van der Waals surface area contributed by atoms with Crippen LogP contribution in [0.5, 0.6) is 0 Å². The van der Waals surface area contributed by atoms with Gasteiger partial charge in [0.05, 0.1) is 30.2 Å². The van der Waals surface area contributed by atoms with Gasteiger partial charge in [-0.15, -0.1) is 0 Å². The van der Waals surface area contributed by atoms with E-state index in [0.29, 0.717) is 5.56 Å². The van der Waals surface area contributed by atoms with Crippen LogP contribution in [0.25, 0.3) is 0 Å². The number of carbonyl (C=O) groups is 2. The Kier molecular flexibility index (Phi) is 8.28. The molecule has 0 heterocycles. The van der Waals surface area contributed by atoms with Crippen LogP contribution < -0.4 is 0 Å². The van der Waals surface area contributed by atoms with Gasteiger partial charge < -0.3 is 14.4 Å². The van der Waals surface area contributed by atoms with Crippen LogP contribution in [-0.4, -0.2) is 47.5 Å². The molecular formula is C18H23BrF3NO4. The van der Waals surface area contributed by atoms with Crippen molar-refractivity contribution in [2.24, 2.45) is 0 Å². The third kappa shape index (κ3) is 7.50. The van der Waals surface area contributed by atoms with Crippen molar-refractivity contribution in [3.05, 3.63) is 35.4 Å². The van der Waals surface area contributed by atoms with E-state index >= 15 is 0 Å². The molecule has 0 radical (unpaired) electrons. The third-order valence-electron chi connectivity index (χ3n) is 3.59. The summed E-state index contributed by atoms with van der Waals surface area (Å²) in [4.78, 5) is 25.8. The number of carbonyl (C=O) groups excluding carboxylic acids is 2. The number of amides is 1. The van der Waals surface area contributed by atoms with E-state index in [-0.39, 0.29) is 18.5 Å². The van der Waals surface area contributed by atoms with Crippen molar-refractivity contribution in [3.8, 4) is 0 Å². The van der Waals surface area contributed by atoms with Crippen LogP contribution in [0.1, 0.15) is 31.9 Å². The highest BCUT2D eigenvalue weighted by atomic mass is 79.9. The number of esters is 1. The van der Waals surface area contributed by atoms with Gasteiger partial charge in [-0.25, -0.2) is 4.79 Å². The monoisotopic (exact) mass is 453 g/mol. The summed E-state index contributed by atoms with van der Waals surface area (Å²) >= 11 is 3.06. The third-order valence-corrected chi connectivity index (χ3v) is 4.07. The van der Waals surface area contributed by atoms with E-state index in [1.54, 1.807) is 20.8 Å². The van der Waals surface area contributed by atoms with Gasteiger partial charge >= 0.3 is 12.1 Å². The molecule has 9 heteroatoms. The van der Waals surface area contributed by atoms with Crippen molar-refractivity contribution in [2.45, 2.75) is 45.1 Å². The van der Waals surface area contributed by atoms with Gasteiger partial charge in [0.2, 0.25) is 5.91 Å². The molecule has 1 aromatic rings. The molecule has 0 bridgehead atoms. The maximum absolute atomic E-state index is 12.7. The van der Waals surface area contributed by atoms with Crippen LogP contribution in [0.15, 0.2) is 24.3 Å². The topological polar surface area (TPSA) is 55.8 Å². The number of halogens is 4. The highest BCUT2D eigenvalue weighted by Gasteiger charge is 2.33. The summed E-state index contributed by atoms with van der Waals surface area (Å²) in [5.74, 6) is -1.08. The fourth-order valence-electron chi connectivity index (χ4n) is 2.20. The second-order valence-corrected chi connectivity index (χ2v) is 7.37. The zero-order valence-electron chi connectivity index (χ0n) is 15.6. The van der Waals surface area contributed by atoms with Gasteiger partial charge in [-0.05, 0) is 38.5 Å². The van der Waals surface area contributed by atoms with Crippen LogP contribution in [0.4, 0.5) is 13.2 Å². The summed E-state index contributed by atoms with van der Waals surface area (Å²) in [7, 11) is 1.20. The van der Waals surface area contributed by atoms with Crippen molar-refractivity contribution in [1.29, 1.82) is 0 Å².